The van der Waals surface area contributed by atoms with Crippen molar-refractivity contribution in [2.24, 2.45) is 0 Å². The fraction of sp³-hybridized carbons (Fsp3) is 0.500. The number of urea groups is 1. The number of ether oxygens (including phenoxy) is 1. The van der Waals surface area contributed by atoms with Gasteiger partial charge in [-0.1, -0.05) is 12.2 Å². The van der Waals surface area contributed by atoms with Crippen LogP contribution in [0.25, 0.3) is 11.9 Å². The van der Waals surface area contributed by atoms with E-state index in [9.17, 15) is 18.0 Å². The molecule has 0 saturated carbocycles. The molecule has 4 heterocycles. The van der Waals surface area contributed by atoms with Crippen molar-refractivity contribution in [3.8, 4) is 0 Å². The lowest BCUT2D eigenvalue weighted by Gasteiger charge is -2.31. The van der Waals surface area contributed by atoms with Crippen LogP contribution in [0.2, 0.25) is 0 Å². The third kappa shape index (κ3) is 6.51. The van der Waals surface area contributed by atoms with E-state index in [4.69, 9.17) is 4.74 Å². The predicted molar refractivity (Wildman–Crippen MR) is 134 cm³/mol. The number of fused-ring (bicyclic) bond motifs is 7. The molecule has 2 aromatic heterocycles. The highest BCUT2D eigenvalue weighted by Gasteiger charge is 2.30. The van der Waals surface area contributed by atoms with Gasteiger partial charge in [0.15, 0.2) is 12.1 Å². The van der Waals surface area contributed by atoms with Gasteiger partial charge in [-0.05, 0) is 51.7 Å². The first-order chi connectivity index (χ1) is 17.7. The van der Waals surface area contributed by atoms with Crippen molar-refractivity contribution in [2.45, 2.75) is 70.9 Å². The summed E-state index contributed by atoms with van der Waals surface area (Å²) in [6, 6.07) is 0.588. The maximum absolute atomic E-state index is 13.2. The molecule has 4 rings (SSSR count). The lowest BCUT2D eigenvalue weighted by molar-refractivity contribution is -0.136. The third-order valence-electron chi connectivity index (χ3n) is 6.70. The minimum atomic E-state index is -4.29. The molecule has 37 heavy (non-hydrogen) atoms. The van der Waals surface area contributed by atoms with Crippen LogP contribution in [0.3, 0.4) is 0 Å². The summed E-state index contributed by atoms with van der Waals surface area (Å²) in [6.07, 6.45) is 5.84. The highest BCUT2D eigenvalue weighted by Crippen LogP contribution is 2.30. The van der Waals surface area contributed by atoms with E-state index in [-0.39, 0.29) is 12.5 Å². The van der Waals surface area contributed by atoms with Crippen LogP contribution in [-0.2, 0) is 4.74 Å². The first-order valence-corrected chi connectivity index (χ1v) is 12.5. The Balaban J connectivity index is 1.68. The van der Waals surface area contributed by atoms with E-state index in [1.54, 1.807) is 23.4 Å². The number of hydrogen-bond donors (Lipinski definition) is 2. The van der Waals surface area contributed by atoms with Crippen LogP contribution in [0, 0.1) is 6.92 Å². The molecule has 8 nitrogen and oxygen atoms in total. The number of pyridine rings is 1. The number of imidazole rings is 1. The lowest BCUT2D eigenvalue weighted by atomic mass is 10.0. The van der Waals surface area contributed by atoms with Crippen molar-refractivity contribution in [3.63, 3.8) is 0 Å². The van der Waals surface area contributed by atoms with Crippen molar-refractivity contribution in [2.75, 3.05) is 13.2 Å². The van der Waals surface area contributed by atoms with Crippen LogP contribution >= 0.6 is 0 Å². The fourth-order valence-corrected chi connectivity index (χ4v) is 4.58. The van der Waals surface area contributed by atoms with Crippen molar-refractivity contribution < 1.29 is 22.7 Å². The Morgan fingerprint density at radius 3 is 2.78 bits per heavy atom. The Bertz CT molecular complexity index is 1160. The zero-order valence-corrected chi connectivity index (χ0v) is 21.3. The molecule has 200 valence electrons. The minimum Gasteiger partial charge on any atom is -0.352 e. The Labute approximate surface area is 214 Å². The monoisotopic (exact) mass is 518 g/mol. The molecule has 2 amide bonds. The normalized spacial score (nSPS) is 23.8. The molecule has 0 aliphatic carbocycles. The van der Waals surface area contributed by atoms with Crippen molar-refractivity contribution in [1.29, 1.82) is 0 Å². The zero-order valence-electron chi connectivity index (χ0n) is 21.3. The van der Waals surface area contributed by atoms with Crippen LogP contribution < -0.4 is 10.6 Å². The largest absolute Gasteiger partial charge is 0.389 e. The molecule has 2 aliphatic rings. The number of hydrogen-bond acceptors (Lipinski definition) is 5. The van der Waals surface area contributed by atoms with Crippen LogP contribution in [0.1, 0.15) is 74.4 Å². The molecule has 0 saturated heterocycles. The number of amides is 2. The molecule has 2 N–H and O–H groups in total. The molecule has 2 aromatic rings. The number of aromatic nitrogens is 3. The summed E-state index contributed by atoms with van der Waals surface area (Å²) in [7, 11) is 0. The Morgan fingerprint density at radius 1 is 1.22 bits per heavy atom. The molecular weight excluding hydrogens is 485 g/mol. The van der Waals surface area contributed by atoms with Gasteiger partial charge in [0, 0.05) is 55.1 Å². The maximum atomic E-state index is 13.2. The van der Waals surface area contributed by atoms with Crippen LogP contribution in [0.5, 0.6) is 0 Å². The summed E-state index contributed by atoms with van der Waals surface area (Å²) in [5.41, 5.74) is 3.29. The SMILES string of the molecule is CCN1C(=O)N[C@@H](CCC(F)(F)F)C/C=C/CCOC2NC(=Cn3ccnc32)c2cc(cnc2C)[C@H]1C. The number of nitrogens with zero attached hydrogens (tertiary/aromatic N) is 4. The number of carbonyl (C=O) groups is 1. The fourth-order valence-electron chi connectivity index (χ4n) is 4.58. The smallest absolute Gasteiger partial charge is 0.352 e. The number of nitrogens with one attached hydrogen (secondary N) is 2. The summed E-state index contributed by atoms with van der Waals surface area (Å²) in [4.78, 5) is 23.8. The van der Waals surface area contributed by atoms with E-state index in [0.717, 1.165) is 28.3 Å². The second-order valence-corrected chi connectivity index (χ2v) is 9.29. The van der Waals surface area contributed by atoms with Crippen molar-refractivity contribution >= 4 is 17.9 Å². The zero-order chi connectivity index (χ0) is 26.6. The standard InChI is InChI=1S/C26H33F3N6O2/c1-4-35-18(3)19-14-21(17(2)31-15-19)22-16-34-12-11-30-23(34)24(33-22)37-13-7-5-6-8-20(32-25(35)36)9-10-26(27,28)29/h5-6,11-12,14-16,18,20,24,33H,4,7-10,13H2,1-3H3,(H,32,36)/b6-5+/t18-,20-,24?/m1/s1. The van der Waals surface area contributed by atoms with E-state index in [0.29, 0.717) is 26.0 Å². The Hall–Kier alpha value is -3.34. The second kappa shape index (κ2) is 11.4. The van der Waals surface area contributed by atoms with E-state index >= 15 is 0 Å². The van der Waals surface area contributed by atoms with Crippen molar-refractivity contribution in [3.05, 3.63) is 59.5 Å². The number of alkyl halides is 3. The molecule has 3 atom stereocenters. The van der Waals surface area contributed by atoms with Crippen LogP contribution in [0.15, 0.2) is 36.8 Å². The molecule has 0 radical (unpaired) electrons. The number of carbonyl (C=O) groups excluding carboxylic acids is 1. The van der Waals surface area contributed by atoms with Crippen LogP contribution in [0.4, 0.5) is 18.0 Å². The molecule has 0 aromatic carbocycles. The van der Waals surface area contributed by atoms with Gasteiger partial charge >= 0.3 is 12.2 Å². The van der Waals surface area contributed by atoms with Gasteiger partial charge < -0.3 is 24.8 Å². The summed E-state index contributed by atoms with van der Waals surface area (Å²) in [6.45, 7) is 6.41. The Morgan fingerprint density at radius 2 is 2.03 bits per heavy atom. The first kappa shape index (κ1) is 26.7. The van der Waals surface area contributed by atoms with Gasteiger partial charge in [-0.15, -0.1) is 0 Å². The molecular formula is C26H33F3N6O2. The highest BCUT2D eigenvalue weighted by molar-refractivity contribution is 5.77. The molecule has 1 unspecified atom stereocenters. The quantitative estimate of drug-likeness (QED) is 0.538. The average molecular weight is 519 g/mol. The third-order valence-corrected chi connectivity index (χ3v) is 6.70. The highest BCUT2D eigenvalue weighted by atomic mass is 19.4. The van der Waals surface area contributed by atoms with E-state index in [1.165, 1.54) is 0 Å². The van der Waals surface area contributed by atoms with Crippen molar-refractivity contribution in [1.82, 2.24) is 30.1 Å². The molecule has 0 spiro atoms. The van der Waals surface area contributed by atoms with E-state index in [1.807, 2.05) is 49.9 Å². The van der Waals surface area contributed by atoms with Gasteiger partial charge in [0.05, 0.1) is 18.3 Å². The topological polar surface area (TPSA) is 84.3 Å². The summed E-state index contributed by atoms with van der Waals surface area (Å²) >= 11 is 0. The molecule has 2 aliphatic heterocycles. The summed E-state index contributed by atoms with van der Waals surface area (Å²) in [5, 5.41) is 6.25. The maximum Gasteiger partial charge on any atom is 0.389 e. The van der Waals surface area contributed by atoms with Gasteiger partial charge in [0.25, 0.3) is 0 Å². The van der Waals surface area contributed by atoms with Gasteiger partial charge in [-0.2, -0.15) is 13.2 Å². The summed E-state index contributed by atoms with van der Waals surface area (Å²) < 4.78 is 46.8. The second-order valence-electron chi connectivity index (χ2n) is 9.29. The summed E-state index contributed by atoms with van der Waals surface area (Å²) in [5.74, 6) is 0.722. The first-order valence-electron chi connectivity index (χ1n) is 12.5. The minimum absolute atomic E-state index is 0.193. The van der Waals surface area contributed by atoms with Gasteiger partial charge in [-0.25, -0.2) is 9.78 Å². The number of halogens is 3. The van der Waals surface area contributed by atoms with Gasteiger partial charge in [-0.3, -0.25) is 4.98 Å². The number of aryl methyl sites for hydroxylation is 1. The Kier molecular flexibility index (Phi) is 8.21. The predicted octanol–water partition coefficient (Wildman–Crippen LogP) is 5.31. The van der Waals surface area contributed by atoms with E-state index < -0.39 is 30.9 Å². The van der Waals surface area contributed by atoms with E-state index in [2.05, 4.69) is 20.6 Å². The van der Waals surface area contributed by atoms with Crippen LogP contribution in [-0.4, -0.2) is 50.8 Å². The molecule has 4 bridgehead atoms. The average Bonchev–Trinajstić information content (AvgIpc) is 3.33. The lowest BCUT2D eigenvalue weighted by Crippen LogP contribution is -2.46. The molecule has 0 fully saturated rings. The van der Waals surface area contributed by atoms with Gasteiger partial charge in [0.1, 0.15) is 0 Å². The number of rotatable bonds is 3. The van der Waals surface area contributed by atoms with Gasteiger partial charge in [0.2, 0.25) is 0 Å². The molecule has 11 heteroatoms.